The van der Waals surface area contributed by atoms with Gasteiger partial charge in [-0.25, -0.2) is 0 Å². The van der Waals surface area contributed by atoms with E-state index in [1.54, 1.807) is 23.1 Å². The van der Waals surface area contributed by atoms with Crippen LogP contribution in [0.25, 0.3) is 0 Å². The van der Waals surface area contributed by atoms with Gasteiger partial charge in [0, 0.05) is 28.3 Å². The van der Waals surface area contributed by atoms with E-state index in [9.17, 15) is 14.4 Å². The Bertz CT molecular complexity index is 1160. The van der Waals surface area contributed by atoms with Crippen LogP contribution in [0.1, 0.15) is 39.5 Å². The average Bonchev–Trinajstić information content (AvgIpc) is 3.49. The lowest BCUT2D eigenvalue weighted by Crippen LogP contribution is -2.58. The zero-order chi connectivity index (χ0) is 28.1. The summed E-state index contributed by atoms with van der Waals surface area (Å²) < 4.78 is 6.44. The predicted molar refractivity (Wildman–Crippen MR) is 152 cm³/mol. The van der Waals surface area contributed by atoms with Crippen LogP contribution in [0.4, 0.5) is 5.69 Å². The maximum absolute atomic E-state index is 14.0. The maximum atomic E-state index is 14.0. The third-order valence-electron chi connectivity index (χ3n) is 9.09. The Morgan fingerprint density at radius 1 is 1.13 bits per heavy atom. The van der Waals surface area contributed by atoms with Crippen LogP contribution in [0, 0.1) is 23.7 Å². The number of carbonyl (C=O) groups excluding carboxylic acids is 3. The van der Waals surface area contributed by atoms with Gasteiger partial charge in [0.1, 0.15) is 11.6 Å². The smallest absolute Gasteiger partial charge is 0.246 e. The summed E-state index contributed by atoms with van der Waals surface area (Å²) >= 11 is 12.3. The van der Waals surface area contributed by atoms with Crippen LogP contribution in [0.5, 0.6) is 0 Å². The van der Waals surface area contributed by atoms with E-state index in [4.69, 9.17) is 27.9 Å². The number of likely N-dealkylation sites (tertiary alicyclic amines) is 1. The summed E-state index contributed by atoms with van der Waals surface area (Å²) in [6.45, 7) is 5.59. The highest BCUT2D eigenvalue weighted by atomic mass is 35.5. The number of carbonyl (C=O) groups is 3. The monoisotopic (exact) mass is 576 g/mol. The Kier molecular flexibility index (Phi) is 8.04. The normalized spacial score (nSPS) is 35.0. The van der Waals surface area contributed by atoms with Crippen molar-refractivity contribution in [3.05, 3.63) is 40.4 Å². The molecule has 39 heavy (non-hydrogen) atoms. The molecule has 2 saturated heterocycles. The minimum absolute atomic E-state index is 0.0460. The fourth-order valence-corrected chi connectivity index (χ4v) is 7.49. The fourth-order valence-electron chi connectivity index (χ4n) is 6.96. The van der Waals surface area contributed by atoms with Crippen molar-refractivity contribution < 1.29 is 19.1 Å². The Balaban J connectivity index is 1.43. The largest absolute Gasteiger partial charge is 0.359 e. The summed E-state index contributed by atoms with van der Waals surface area (Å²) in [7, 11) is 3.95. The zero-order valence-electron chi connectivity index (χ0n) is 23.0. The molecular formula is C29H38Cl2N4O4. The molecule has 0 radical (unpaired) electrons. The second kappa shape index (κ2) is 11.0. The minimum Gasteiger partial charge on any atom is -0.359 e. The van der Waals surface area contributed by atoms with E-state index in [1.807, 2.05) is 31.1 Å². The highest BCUT2D eigenvalue weighted by Crippen LogP contribution is 2.55. The molecule has 3 heterocycles. The molecule has 8 nitrogen and oxygen atoms in total. The zero-order valence-corrected chi connectivity index (χ0v) is 24.5. The molecule has 1 aromatic carbocycles. The van der Waals surface area contributed by atoms with Crippen LogP contribution < -0.4 is 10.6 Å². The molecule has 0 aromatic heterocycles. The average molecular weight is 578 g/mol. The Morgan fingerprint density at radius 3 is 2.54 bits per heavy atom. The van der Waals surface area contributed by atoms with Crippen LogP contribution in [-0.2, 0) is 19.1 Å². The molecule has 1 aliphatic carbocycles. The van der Waals surface area contributed by atoms with E-state index in [2.05, 4.69) is 24.5 Å². The second-order valence-electron chi connectivity index (χ2n) is 11.9. The molecule has 5 rings (SSSR count). The van der Waals surface area contributed by atoms with Gasteiger partial charge in [-0.2, -0.15) is 0 Å². The summed E-state index contributed by atoms with van der Waals surface area (Å²) in [5.74, 6) is -1.47. The summed E-state index contributed by atoms with van der Waals surface area (Å²) in [4.78, 5) is 45.4. The highest BCUT2D eigenvalue weighted by molar-refractivity contribution is 6.35. The van der Waals surface area contributed by atoms with Gasteiger partial charge in [-0.1, -0.05) is 62.0 Å². The standard InChI is InChI=1S/C29H38Cl2N4O4/c1-16-7-5-8-21(17(16)2)33-27(37)25-29-10-9-22(39-29)23(24(29)28(38)35(25)12-6-11-34(3)4)26(36)32-20-14-18(30)13-19(31)15-20/h9-10,13-17,21-25H,5-8,11-12H2,1-4H3,(H,32,36)(H,33,37)/t16-,17-,21+,22-,23+,24-,25+,29+/m1/s1. The van der Waals surface area contributed by atoms with Crippen molar-refractivity contribution in [3.8, 4) is 0 Å². The molecule has 4 aliphatic rings. The number of hydrogen-bond acceptors (Lipinski definition) is 5. The van der Waals surface area contributed by atoms with Gasteiger partial charge < -0.3 is 25.2 Å². The Labute approximate surface area is 240 Å². The lowest BCUT2D eigenvalue weighted by molar-refractivity contribution is -0.141. The fraction of sp³-hybridized carbons (Fsp3) is 0.621. The summed E-state index contributed by atoms with van der Waals surface area (Å²) in [5, 5.41) is 6.95. The molecule has 212 valence electrons. The number of nitrogens with one attached hydrogen (secondary N) is 2. The number of anilines is 1. The van der Waals surface area contributed by atoms with E-state index in [1.165, 1.54) is 0 Å². The molecule has 2 N–H and O–H groups in total. The van der Waals surface area contributed by atoms with E-state index < -0.39 is 29.6 Å². The minimum atomic E-state index is -1.18. The van der Waals surface area contributed by atoms with Crippen molar-refractivity contribution in [2.24, 2.45) is 23.7 Å². The number of fused-ring (bicyclic) bond motifs is 1. The van der Waals surface area contributed by atoms with Gasteiger partial charge in [0.15, 0.2) is 0 Å². The second-order valence-corrected chi connectivity index (χ2v) is 12.8. The summed E-state index contributed by atoms with van der Waals surface area (Å²) in [6, 6.07) is 4.02. The topological polar surface area (TPSA) is 91.0 Å². The predicted octanol–water partition coefficient (Wildman–Crippen LogP) is 3.98. The Hall–Kier alpha value is -2.13. The third-order valence-corrected chi connectivity index (χ3v) is 9.53. The maximum Gasteiger partial charge on any atom is 0.246 e. The number of rotatable bonds is 8. The van der Waals surface area contributed by atoms with Crippen LogP contribution in [-0.4, -0.2) is 78.5 Å². The number of halogens is 2. The molecule has 3 amide bonds. The van der Waals surface area contributed by atoms with Crippen LogP contribution in [0.3, 0.4) is 0 Å². The van der Waals surface area contributed by atoms with E-state index in [0.29, 0.717) is 40.5 Å². The van der Waals surface area contributed by atoms with Crippen molar-refractivity contribution in [1.29, 1.82) is 0 Å². The van der Waals surface area contributed by atoms with Gasteiger partial charge in [0.2, 0.25) is 17.7 Å². The molecule has 10 heteroatoms. The number of benzene rings is 1. The molecule has 8 atom stereocenters. The van der Waals surface area contributed by atoms with Crippen LogP contribution in [0.15, 0.2) is 30.4 Å². The van der Waals surface area contributed by atoms with Gasteiger partial charge in [0.25, 0.3) is 0 Å². The molecular weight excluding hydrogens is 539 g/mol. The van der Waals surface area contributed by atoms with Crippen molar-refractivity contribution in [2.45, 2.75) is 63.3 Å². The molecule has 3 fully saturated rings. The molecule has 3 aliphatic heterocycles. The van der Waals surface area contributed by atoms with Gasteiger partial charge >= 0.3 is 0 Å². The van der Waals surface area contributed by atoms with Crippen LogP contribution >= 0.6 is 23.2 Å². The van der Waals surface area contributed by atoms with Gasteiger partial charge in [-0.05, 0) is 63.5 Å². The summed E-state index contributed by atoms with van der Waals surface area (Å²) in [5.41, 5.74) is -0.733. The van der Waals surface area contributed by atoms with E-state index >= 15 is 0 Å². The number of nitrogens with zero attached hydrogens (tertiary/aromatic N) is 2. The first-order valence-electron chi connectivity index (χ1n) is 13.9. The van der Waals surface area contributed by atoms with E-state index in [0.717, 1.165) is 25.8 Å². The highest BCUT2D eigenvalue weighted by Gasteiger charge is 2.72. The van der Waals surface area contributed by atoms with Gasteiger partial charge in [-0.15, -0.1) is 0 Å². The van der Waals surface area contributed by atoms with E-state index in [-0.39, 0.29) is 23.8 Å². The molecule has 1 saturated carbocycles. The van der Waals surface area contributed by atoms with Gasteiger partial charge in [0.05, 0.1) is 17.9 Å². The van der Waals surface area contributed by atoms with Crippen molar-refractivity contribution >= 4 is 46.6 Å². The number of ether oxygens (including phenoxy) is 1. The quantitative estimate of drug-likeness (QED) is 0.457. The summed E-state index contributed by atoms with van der Waals surface area (Å²) in [6.07, 6.45) is 6.92. The lowest BCUT2D eigenvalue weighted by Gasteiger charge is -2.38. The first-order valence-corrected chi connectivity index (χ1v) is 14.7. The van der Waals surface area contributed by atoms with Gasteiger partial charge in [-0.3, -0.25) is 14.4 Å². The Morgan fingerprint density at radius 2 is 1.85 bits per heavy atom. The lowest BCUT2D eigenvalue weighted by atomic mass is 9.73. The first-order chi connectivity index (χ1) is 18.5. The number of hydrogen-bond donors (Lipinski definition) is 2. The third kappa shape index (κ3) is 5.21. The SMILES string of the molecule is C[C@@H]1[C@H](C)CCC[C@@H]1NC(=O)[C@@H]1N(CCCN(C)C)C(=O)[C@H]2[C@@H](C(=O)Nc3cc(Cl)cc(Cl)c3)[C@H]3C=C[C@@]12O3. The molecule has 1 spiro atoms. The van der Waals surface area contributed by atoms with Crippen molar-refractivity contribution in [3.63, 3.8) is 0 Å². The van der Waals surface area contributed by atoms with Crippen molar-refractivity contribution in [1.82, 2.24) is 15.1 Å². The number of amides is 3. The van der Waals surface area contributed by atoms with Crippen LogP contribution in [0.2, 0.25) is 10.0 Å². The molecule has 1 aromatic rings. The first kappa shape index (κ1) is 28.4. The molecule has 2 bridgehead atoms. The molecule has 0 unspecified atom stereocenters. The van der Waals surface area contributed by atoms with Crippen molar-refractivity contribution in [2.75, 3.05) is 32.5 Å².